The van der Waals surface area contributed by atoms with E-state index in [1.165, 1.54) is 6.08 Å². The van der Waals surface area contributed by atoms with Gasteiger partial charge in [-0.2, -0.15) is 13.2 Å². The molecule has 1 aromatic heterocycles. The summed E-state index contributed by atoms with van der Waals surface area (Å²) in [7, 11) is 0. The first kappa shape index (κ1) is 12.7. The molecule has 0 spiro atoms. The zero-order valence-corrected chi connectivity index (χ0v) is 9.06. The number of halogens is 3. The first-order valence-electron chi connectivity index (χ1n) is 4.31. The van der Waals surface area contributed by atoms with E-state index in [9.17, 15) is 18.0 Å². The Kier molecular flexibility index (Phi) is 4.05. The van der Waals surface area contributed by atoms with Crippen molar-refractivity contribution in [1.82, 2.24) is 4.98 Å². The molecule has 0 amide bonds. The summed E-state index contributed by atoms with van der Waals surface area (Å²) in [6.07, 6.45) is -2.22. The predicted molar refractivity (Wildman–Crippen MR) is 52.8 cm³/mol. The number of carbonyl (C=O) groups excluding carboxylic acids is 1. The minimum atomic E-state index is -4.45. The summed E-state index contributed by atoms with van der Waals surface area (Å²) >= 11 is 0.811. The van der Waals surface area contributed by atoms with Crippen LogP contribution in [0.3, 0.4) is 0 Å². The summed E-state index contributed by atoms with van der Waals surface area (Å²) in [4.78, 5) is 14.2. The molecule has 0 saturated heterocycles. The fraction of sp³-hybridized carbons (Fsp3) is 0.333. The van der Waals surface area contributed by atoms with Crippen molar-refractivity contribution in [3.05, 3.63) is 22.2 Å². The maximum Gasteiger partial charge on any atom is 0.434 e. The Balaban J connectivity index is 2.69. The molecule has 7 heteroatoms. The number of hydrogen-bond donors (Lipinski definition) is 0. The van der Waals surface area contributed by atoms with Crippen molar-refractivity contribution in [3.63, 3.8) is 0 Å². The Bertz CT molecular complexity index is 398. The molecule has 0 bridgehead atoms. The van der Waals surface area contributed by atoms with E-state index in [1.807, 2.05) is 0 Å². The van der Waals surface area contributed by atoms with E-state index < -0.39 is 17.8 Å². The molecule has 0 N–H and O–H groups in total. The maximum atomic E-state index is 12.1. The topological polar surface area (TPSA) is 39.2 Å². The lowest BCUT2D eigenvalue weighted by Gasteiger charge is -1.99. The lowest BCUT2D eigenvalue weighted by molar-refractivity contribution is -0.140. The lowest BCUT2D eigenvalue weighted by Crippen LogP contribution is -2.04. The first-order valence-corrected chi connectivity index (χ1v) is 5.19. The van der Waals surface area contributed by atoms with Gasteiger partial charge in [0.2, 0.25) is 0 Å². The van der Waals surface area contributed by atoms with Crippen LogP contribution in [0.25, 0.3) is 6.08 Å². The average molecular weight is 251 g/mol. The van der Waals surface area contributed by atoms with Gasteiger partial charge in [-0.15, -0.1) is 11.3 Å². The summed E-state index contributed by atoms with van der Waals surface area (Å²) in [5, 5.41) is 1.01. The first-order chi connectivity index (χ1) is 7.43. The van der Waals surface area contributed by atoms with Crippen molar-refractivity contribution in [2.45, 2.75) is 13.1 Å². The van der Waals surface area contributed by atoms with Crippen LogP contribution in [0.5, 0.6) is 0 Å². The highest BCUT2D eigenvalue weighted by Gasteiger charge is 2.33. The number of ether oxygens (including phenoxy) is 1. The van der Waals surface area contributed by atoms with Crippen molar-refractivity contribution in [2.24, 2.45) is 0 Å². The Labute approximate surface area is 93.6 Å². The molecule has 0 unspecified atom stereocenters. The molecule has 1 rings (SSSR count). The molecule has 0 saturated carbocycles. The van der Waals surface area contributed by atoms with Gasteiger partial charge < -0.3 is 4.74 Å². The van der Waals surface area contributed by atoms with E-state index in [1.54, 1.807) is 6.92 Å². The number of alkyl halides is 3. The molecule has 3 nitrogen and oxygen atoms in total. The van der Waals surface area contributed by atoms with Gasteiger partial charge in [-0.05, 0) is 13.0 Å². The van der Waals surface area contributed by atoms with E-state index in [0.29, 0.717) is 0 Å². The Morgan fingerprint density at radius 1 is 1.62 bits per heavy atom. The molecule has 0 fully saturated rings. The Hall–Kier alpha value is -1.37. The Morgan fingerprint density at radius 2 is 2.31 bits per heavy atom. The highest BCUT2D eigenvalue weighted by Crippen LogP contribution is 2.30. The molecule has 0 aliphatic heterocycles. The quantitative estimate of drug-likeness (QED) is 0.612. The number of carbonyl (C=O) groups is 1. The van der Waals surface area contributed by atoms with Gasteiger partial charge >= 0.3 is 12.1 Å². The third-order valence-electron chi connectivity index (χ3n) is 1.46. The number of thiazole rings is 1. The minimum Gasteiger partial charge on any atom is -0.463 e. The summed E-state index contributed by atoms with van der Waals surface area (Å²) in [5.74, 6) is -0.605. The van der Waals surface area contributed by atoms with Crippen LogP contribution < -0.4 is 0 Å². The molecule has 0 radical (unpaired) electrons. The van der Waals surface area contributed by atoms with Crippen molar-refractivity contribution in [1.29, 1.82) is 0 Å². The molecule has 1 aromatic rings. The predicted octanol–water partition coefficient (Wildman–Crippen LogP) is 2.74. The van der Waals surface area contributed by atoms with Crippen LogP contribution in [-0.2, 0) is 15.7 Å². The number of nitrogens with zero attached hydrogens (tertiary/aromatic N) is 1. The van der Waals surface area contributed by atoms with E-state index in [4.69, 9.17) is 0 Å². The molecule has 88 valence electrons. The van der Waals surface area contributed by atoms with Crippen LogP contribution in [-0.4, -0.2) is 17.6 Å². The largest absolute Gasteiger partial charge is 0.463 e. The zero-order valence-electron chi connectivity index (χ0n) is 8.25. The van der Waals surface area contributed by atoms with Gasteiger partial charge in [0.1, 0.15) is 5.01 Å². The van der Waals surface area contributed by atoms with Gasteiger partial charge in [-0.25, -0.2) is 9.78 Å². The van der Waals surface area contributed by atoms with Gasteiger partial charge in [0.25, 0.3) is 0 Å². The normalized spacial score (nSPS) is 12.0. The molecule has 16 heavy (non-hydrogen) atoms. The number of hydrogen-bond acceptors (Lipinski definition) is 4. The van der Waals surface area contributed by atoms with E-state index in [-0.39, 0.29) is 11.6 Å². The average Bonchev–Trinajstić information content (AvgIpc) is 2.63. The molecule has 0 atom stereocenters. The molecular weight excluding hydrogens is 243 g/mol. The summed E-state index contributed by atoms with van der Waals surface area (Å²) < 4.78 is 41.0. The fourth-order valence-corrected chi connectivity index (χ4v) is 1.54. The van der Waals surface area contributed by atoms with Crippen molar-refractivity contribution >= 4 is 23.4 Å². The monoisotopic (exact) mass is 251 g/mol. The molecular formula is C9H8F3NO2S. The fourth-order valence-electron chi connectivity index (χ4n) is 0.824. The second-order valence-corrected chi connectivity index (χ2v) is 3.54. The number of esters is 1. The zero-order chi connectivity index (χ0) is 12.2. The minimum absolute atomic E-state index is 0.111. The van der Waals surface area contributed by atoms with Crippen LogP contribution in [0.15, 0.2) is 11.5 Å². The maximum absolute atomic E-state index is 12.1. The van der Waals surface area contributed by atoms with Gasteiger partial charge in [-0.3, -0.25) is 0 Å². The van der Waals surface area contributed by atoms with Crippen LogP contribution in [0.4, 0.5) is 13.2 Å². The third kappa shape index (κ3) is 3.65. The number of aromatic nitrogens is 1. The number of rotatable bonds is 3. The van der Waals surface area contributed by atoms with E-state index >= 15 is 0 Å². The SMILES string of the molecule is CCOC(=O)C=Cc1nc(C(F)(F)F)cs1. The summed E-state index contributed by atoms with van der Waals surface area (Å²) in [6, 6.07) is 0. The van der Waals surface area contributed by atoms with Crippen LogP contribution >= 0.6 is 11.3 Å². The summed E-state index contributed by atoms with van der Waals surface area (Å²) in [6.45, 7) is 1.85. The van der Waals surface area contributed by atoms with Gasteiger partial charge in [0, 0.05) is 11.5 Å². The van der Waals surface area contributed by atoms with Crippen molar-refractivity contribution in [2.75, 3.05) is 6.61 Å². The second-order valence-electron chi connectivity index (χ2n) is 2.65. The standard InChI is InChI=1S/C9H8F3NO2S/c1-2-15-8(14)4-3-7-13-6(5-16-7)9(10,11)12/h3-5H,2H2,1H3. The van der Waals surface area contributed by atoms with Crippen molar-refractivity contribution < 1.29 is 22.7 Å². The lowest BCUT2D eigenvalue weighted by atomic mass is 10.4. The molecule has 0 aromatic carbocycles. The van der Waals surface area contributed by atoms with E-state index in [2.05, 4.69) is 9.72 Å². The highest BCUT2D eigenvalue weighted by atomic mass is 32.1. The van der Waals surface area contributed by atoms with Crippen LogP contribution in [0, 0.1) is 0 Å². The van der Waals surface area contributed by atoms with Crippen molar-refractivity contribution in [3.8, 4) is 0 Å². The van der Waals surface area contributed by atoms with Crippen LogP contribution in [0.1, 0.15) is 17.6 Å². The molecule has 1 heterocycles. The van der Waals surface area contributed by atoms with Gasteiger partial charge in [-0.1, -0.05) is 0 Å². The highest BCUT2D eigenvalue weighted by molar-refractivity contribution is 7.10. The second kappa shape index (κ2) is 5.11. The summed E-state index contributed by atoms with van der Waals surface area (Å²) in [5.41, 5.74) is -0.957. The third-order valence-corrected chi connectivity index (χ3v) is 2.27. The molecule has 0 aliphatic rings. The van der Waals surface area contributed by atoms with Gasteiger partial charge in [0.05, 0.1) is 6.61 Å². The smallest absolute Gasteiger partial charge is 0.434 e. The molecule has 0 aliphatic carbocycles. The Morgan fingerprint density at radius 3 is 2.81 bits per heavy atom. The van der Waals surface area contributed by atoms with E-state index in [0.717, 1.165) is 22.8 Å². The van der Waals surface area contributed by atoms with Gasteiger partial charge in [0.15, 0.2) is 5.69 Å². The van der Waals surface area contributed by atoms with Crippen LogP contribution in [0.2, 0.25) is 0 Å².